The average molecular weight is 368 g/mol. The number of nitrogens with one attached hydrogen (secondary N) is 1. The van der Waals surface area contributed by atoms with Crippen LogP contribution < -0.4 is 10.2 Å². The van der Waals surface area contributed by atoms with E-state index in [0.717, 1.165) is 30.2 Å². The standard InChI is InChI=1S/C20H24N4O3/c25-19-11-16(13-24(19)14-17-4-3-9-27-17)20(26)22-12-15-5-6-21-18(10-15)23-7-1-2-8-23/h3-6,9-10,16H,1-2,7-8,11-14H2,(H,22,26)/t16-/m1/s1. The zero-order valence-corrected chi connectivity index (χ0v) is 15.3. The average Bonchev–Trinajstić information content (AvgIpc) is 3.43. The summed E-state index contributed by atoms with van der Waals surface area (Å²) in [4.78, 5) is 33.1. The number of hydrogen-bond donors (Lipinski definition) is 1. The number of pyridine rings is 1. The van der Waals surface area contributed by atoms with Crippen molar-refractivity contribution in [3.05, 3.63) is 48.0 Å². The van der Waals surface area contributed by atoms with Gasteiger partial charge in [0.15, 0.2) is 0 Å². The molecule has 142 valence electrons. The Labute approximate surface area is 158 Å². The minimum absolute atomic E-state index is 0.00761. The lowest BCUT2D eigenvalue weighted by Gasteiger charge is -2.17. The second-order valence-electron chi connectivity index (χ2n) is 7.19. The Hall–Kier alpha value is -2.83. The van der Waals surface area contributed by atoms with Gasteiger partial charge >= 0.3 is 0 Å². The third-order valence-corrected chi connectivity index (χ3v) is 5.22. The van der Waals surface area contributed by atoms with Gasteiger partial charge in [0.2, 0.25) is 11.8 Å². The van der Waals surface area contributed by atoms with E-state index in [0.29, 0.717) is 19.6 Å². The van der Waals surface area contributed by atoms with E-state index in [1.807, 2.05) is 18.2 Å². The molecule has 4 rings (SSSR count). The maximum atomic E-state index is 12.5. The third kappa shape index (κ3) is 4.13. The second-order valence-corrected chi connectivity index (χ2v) is 7.19. The Bertz CT molecular complexity index is 799. The van der Waals surface area contributed by atoms with Crippen molar-refractivity contribution in [3.63, 3.8) is 0 Å². The van der Waals surface area contributed by atoms with Gasteiger partial charge < -0.3 is 19.5 Å². The van der Waals surface area contributed by atoms with Crippen molar-refractivity contribution in [2.24, 2.45) is 5.92 Å². The van der Waals surface area contributed by atoms with Crippen LogP contribution in [0.15, 0.2) is 41.1 Å². The highest BCUT2D eigenvalue weighted by Crippen LogP contribution is 2.21. The van der Waals surface area contributed by atoms with Crippen LogP contribution in [0, 0.1) is 5.92 Å². The first-order valence-electron chi connectivity index (χ1n) is 9.47. The molecule has 2 aliphatic heterocycles. The highest BCUT2D eigenvalue weighted by Gasteiger charge is 2.34. The molecular formula is C20H24N4O3. The molecule has 0 saturated carbocycles. The fourth-order valence-electron chi connectivity index (χ4n) is 3.71. The van der Waals surface area contributed by atoms with Crippen molar-refractivity contribution in [3.8, 4) is 0 Å². The van der Waals surface area contributed by atoms with Crippen molar-refractivity contribution in [2.45, 2.75) is 32.4 Å². The molecule has 1 N–H and O–H groups in total. The number of carbonyl (C=O) groups is 2. The van der Waals surface area contributed by atoms with Crippen LogP contribution in [0.2, 0.25) is 0 Å². The lowest BCUT2D eigenvalue weighted by molar-refractivity contribution is -0.129. The molecule has 0 spiro atoms. The molecule has 2 saturated heterocycles. The van der Waals surface area contributed by atoms with Gasteiger partial charge in [0.05, 0.1) is 18.7 Å². The number of carbonyl (C=O) groups excluding carboxylic acids is 2. The summed E-state index contributed by atoms with van der Waals surface area (Å²) in [6.45, 7) is 3.38. The second kappa shape index (κ2) is 7.82. The topological polar surface area (TPSA) is 78.7 Å². The Morgan fingerprint density at radius 2 is 2.15 bits per heavy atom. The summed E-state index contributed by atoms with van der Waals surface area (Å²) in [6, 6.07) is 7.59. The normalized spacial score (nSPS) is 19.7. The number of nitrogens with zero attached hydrogens (tertiary/aromatic N) is 3. The highest BCUT2D eigenvalue weighted by atomic mass is 16.3. The van der Waals surface area contributed by atoms with E-state index in [2.05, 4.69) is 15.2 Å². The highest BCUT2D eigenvalue weighted by molar-refractivity contribution is 5.89. The molecule has 0 aromatic carbocycles. The molecule has 2 aromatic rings. The van der Waals surface area contributed by atoms with Crippen molar-refractivity contribution in [1.82, 2.24) is 15.2 Å². The maximum absolute atomic E-state index is 12.5. The molecular weight excluding hydrogens is 344 g/mol. The number of hydrogen-bond acceptors (Lipinski definition) is 5. The molecule has 2 fully saturated rings. The van der Waals surface area contributed by atoms with Crippen molar-refractivity contribution in [1.29, 1.82) is 0 Å². The summed E-state index contributed by atoms with van der Waals surface area (Å²) in [5.41, 5.74) is 1.03. The van der Waals surface area contributed by atoms with E-state index in [-0.39, 0.29) is 24.2 Å². The molecule has 7 heteroatoms. The molecule has 0 unspecified atom stereocenters. The monoisotopic (exact) mass is 368 g/mol. The van der Waals surface area contributed by atoms with Crippen LogP contribution in [0.1, 0.15) is 30.6 Å². The molecule has 7 nitrogen and oxygen atoms in total. The SMILES string of the molecule is O=C(NCc1ccnc(N2CCCC2)c1)[C@@H]1CC(=O)N(Cc2ccco2)C1. The number of amides is 2. The van der Waals surface area contributed by atoms with Gasteiger partial charge in [-0.05, 0) is 42.7 Å². The molecule has 2 aromatic heterocycles. The van der Waals surface area contributed by atoms with Gasteiger partial charge in [0.1, 0.15) is 11.6 Å². The smallest absolute Gasteiger partial charge is 0.225 e. The predicted octanol–water partition coefficient (Wildman–Crippen LogP) is 1.94. The summed E-state index contributed by atoms with van der Waals surface area (Å²) >= 11 is 0. The first-order chi connectivity index (χ1) is 13.2. The van der Waals surface area contributed by atoms with Crippen LogP contribution in [-0.4, -0.2) is 41.3 Å². The molecule has 27 heavy (non-hydrogen) atoms. The van der Waals surface area contributed by atoms with Crippen LogP contribution in [0.4, 0.5) is 5.82 Å². The molecule has 4 heterocycles. The largest absolute Gasteiger partial charge is 0.467 e. The van der Waals surface area contributed by atoms with E-state index >= 15 is 0 Å². The lowest BCUT2D eigenvalue weighted by Crippen LogP contribution is -2.32. The minimum atomic E-state index is -0.313. The molecule has 0 bridgehead atoms. The summed E-state index contributed by atoms with van der Waals surface area (Å²) in [7, 11) is 0. The molecule has 2 amide bonds. The number of furan rings is 1. The lowest BCUT2D eigenvalue weighted by atomic mass is 10.1. The number of rotatable bonds is 6. The van der Waals surface area contributed by atoms with Gasteiger partial charge in [-0.3, -0.25) is 9.59 Å². The quantitative estimate of drug-likeness (QED) is 0.843. The number of aromatic nitrogens is 1. The Balaban J connectivity index is 1.30. The molecule has 0 radical (unpaired) electrons. The minimum Gasteiger partial charge on any atom is -0.467 e. The van der Waals surface area contributed by atoms with Gasteiger partial charge in [-0.15, -0.1) is 0 Å². The van der Waals surface area contributed by atoms with Crippen LogP contribution in [0.5, 0.6) is 0 Å². The van der Waals surface area contributed by atoms with E-state index in [1.165, 1.54) is 12.8 Å². The van der Waals surface area contributed by atoms with Crippen LogP contribution in [-0.2, 0) is 22.7 Å². The summed E-state index contributed by atoms with van der Waals surface area (Å²) in [5, 5.41) is 2.97. The van der Waals surface area contributed by atoms with Crippen LogP contribution in [0.3, 0.4) is 0 Å². The van der Waals surface area contributed by atoms with E-state index < -0.39 is 0 Å². The van der Waals surface area contributed by atoms with Crippen molar-refractivity contribution < 1.29 is 14.0 Å². The fraction of sp³-hybridized carbons (Fsp3) is 0.450. The zero-order valence-electron chi connectivity index (χ0n) is 15.3. The molecule has 1 atom stereocenters. The molecule has 2 aliphatic rings. The Kier molecular flexibility index (Phi) is 5.09. The van der Waals surface area contributed by atoms with Crippen LogP contribution in [0.25, 0.3) is 0 Å². The molecule has 0 aliphatic carbocycles. The van der Waals surface area contributed by atoms with Gasteiger partial charge in [-0.25, -0.2) is 4.98 Å². The van der Waals surface area contributed by atoms with Gasteiger partial charge in [-0.2, -0.15) is 0 Å². The number of anilines is 1. The maximum Gasteiger partial charge on any atom is 0.225 e. The Morgan fingerprint density at radius 1 is 1.30 bits per heavy atom. The van der Waals surface area contributed by atoms with Gasteiger partial charge in [0, 0.05) is 38.8 Å². The summed E-state index contributed by atoms with van der Waals surface area (Å²) in [5.74, 6) is 1.31. The Morgan fingerprint density at radius 3 is 2.93 bits per heavy atom. The zero-order chi connectivity index (χ0) is 18.6. The van der Waals surface area contributed by atoms with E-state index in [4.69, 9.17) is 4.42 Å². The fourth-order valence-corrected chi connectivity index (χ4v) is 3.71. The number of likely N-dealkylation sites (tertiary alicyclic amines) is 1. The first kappa shape index (κ1) is 17.6. The van der Waals surface area contributed by atoms with Gasteiger partial charge in [-0.1, -0.05) is 0 Å². The summed E-state index contributed by atoms with van der Waals surface area (Å²) in [6.07, 6.45) is 6.03. The van der Waals surface area contributed by atoms with E-state index in [9.17, 15) is 9.59 Å². The summed E-state index contributed by atoms with van der Waals surface area (Å²) < 4.78 is 5.29. The van der Waals surface area contributed by atoms with Gasteiger partial charge in [0.25, 0.3) is 0 Å². The third-order valence-electron chi connectivity index (χ3n) is 5.22. The first-order valence-corrected chi connectivity index (χ1v) is 9.47. The predicted molar refractivity (Wildman–Crippen MR) is 99.8 cm³/mol. The van der Waals surface area contributed by atoms with E-state index in [1.54, 1.807) is 23.4 Å². The van der Waals surface area contributed by atoms with Crippen molar-refractivity contribution >= 4 is 17.6 Å². The van der Waals surface area contributed by atoms with Crippen molar-refractivity contribution in [2.75, 3.05) is 24.5 Å². The van der Waals surface area contributed by atoms with Crippen LogP contribution >= 0.6 is 0 Å².